The fraction of sp³-hybridized carbons (Fsp3) is 0.462. The van der Waals surface area contributed by atoms with Crippen molar-refractivity contribution < 1.29 is 4.79 Å². The van der Waals surface area contributed by atoms with Gasteiger partial charge in [-0.25, -0.2) is 5.43 Å². The molecule has 0 aromatic heterocycles. The van der Waals surface area contributed by atoms with Crippen LogP contribution < -0.4 is 10.7 Å². The first-order valence-corrected chi connectivity index (χ1v) is 6.21. The highest BCUT2D eigenvalue weighted by molar-refractivity contribution is 5.85. The number of Topliss-reactive ketones (excluding diaryl/α,β-unsaturated/α-hetero) is 1. The summed E-state index contributed by atoms with van der Waals surface area (Å²) in [6, 6.07) is 0.245. The second-order valence-corrected chi connectivity index (χ2v) is 4.96. The largest absolute Gasteiger partial charge is 0.367 e. The van der Waals surface area contributed by atoms with Crippen LogP contribution in [0.1, 0.15) is 6.42 Å². The van der Waals surface area contributed by atoms with Crippen molar-refractivity contribution in [2.45, 2.75) is 18.6 Å². The van der Waals surface area contributed by atoms with E-state index in [-0.39, 0.29) is 18.0 Å². The number of fused-ring (bicyclic) bond motifs is 3. The number of dihydropyridines is 1. The molecule has 1 fully saturated rings. The van der Waals surface area contributed by atoms with Gasteiger partial charge in [0.25, 0.3) is 0 Å². The van der Waals surface area contributed by atoms with E-state index in [1.807, 2.05) is 31.4 Å². The molecule has 2 N–H and O–H groups in total. The molecule has 0 spiro atoms. The van der Waals surface area contributed by atoms with Crippen LogP contribution in [0, 0.1) is 0 Å². The molecule has 0 amide bonds. The van der Waals surface area contributed by atoms with Gasteiger partial charge in [0.1, 0.15) is 6.17 Å². The van der Waals surface area contributed by atoms with Gasteiger partial charge in [-0.15, -0.1) is 0 Å². The molecule has 2 atom stereocenters. The van der Waals surface area contributed by atoms with Crippen molar-refractivity contribution in [2.75, 3.05) is 20.6 Å². The second kappa shape index (κ2) is 4.26. The first-order valence-electron chi connectivity index (χ1n) is 6.21. The van der Waals surface area contributed by atoms with Crippen molar-refractivity contribution in [1.29, 1.82) is 0 Å². The van der Waals surface area contributed by atoms with Gasteiger partial charge < -0.3 is 5.32 Å². The van der Waals surface area contributed by atoms with Gasteiger partial charge >= 0.3 is 0 Å². The van der Waals surface area contributed by atoms with Crippen LogP contribution in [0.25, 0.3) is 0 Å². The number of hydrogen-bond donors (Lipinski definition) is 2. The Balaban J connectivity index is 2.03. The van der Waals surface area contributed by atoms with Gasteiger partial charge in [-0.2, -0.15) is 0 Å². The Morgan fingerprint density at radius 3 is 3.11 bits per heavy atom. The molecule has 5 heteroatoms. The third kappa shape index (κ3) is 1.67. The van der Waals surface area contributed by atoms with E-state index in [2.05, 4.69) is 27.9 Å². The van der Waals surface area contributed by atoms with E-state index in [9.17, 15) is 4.79 Å². The maximum atomic E-state index is 11.7. The molecule has 3 heterocycles. The van der Waals surface area contributed by atoms with Crippen molar-refractivity contribution in [3.63, 3.8) is 0 Å². The molecule has 2 unspecified atom stereocenters. The van der Waals surface area contributed by atoms with Gasteiger partial charge in [-0.3, -0.25) is 14.7 Å². The zero-order chi connectivity index (χ0) is 12.7. The lowest BCUT2D eigenvalue weighted by Gasteiger charge is -2.46. The number of nitrogens with zero attached hydrogens (tertiary/aromatic N) is 2. The van der Waals surface area contributed by atoms with Gasteiger partial charge in [0, 0.05) is 19.7 Å². The Labute approximate surface area is 107 Å². The number of carbonyl (C=O) groups is 1. The number of carbonyl (C=O) groups excluding carboxylic acids is 1. The SMILES string of the molecule is CNN1C=C2CC(=O)CN(C)C2C2=CC=CNC21. The molecule has 96 valence electrons. The molecule has 3 rings (SSSR count). The summed E-state index contributed by atoms with van der Waals surface area (Å²) in [5.41, 5.74) is 5.62. The Morgan fingerprint density at radius 1 is 1.50 bits per heavy atom. The maximum Gasteiger partial charge on any atom is 0.151 e. The molecule has 5 nitrogen and oxygen atoms in total. The number of piperidine rings is 1. The van der Waals surface area contributed by atoms with E-state index in [4.69, 9.17) is 0 Å². The van der Waals surface area contributed by atoms with Crippen molar-refractivity contribution >= 4 is 5.78 Å². The van der Waals surface area contributed by atoms with E-state index in [0.717, 1.165) is 0 Å². The summed E-state index contributed by atoms with van der Waals surface area (Å²) in [5, 5.41) is 5.37. The molecule has 0 saturated carbocycles. The van der Waals surface area contributed by atoms with E-state index in [1.165, 1.54) is 11.1 Å². The highest BCUT2D eigenvalue weighted by atomic mass is 16.1. The number of allylic oxidation sites excluding steroid dienone is 2. The first kappa shape index (κ1) is 11.5. The second-order valence-electron chi connectivity index (χ2n) is 4.96. The average molecular weight is 246 g/mol. The number of hydrazine groups is 1. The lowest BCUT2D eigenvalue weighted by Crippen LogP contribution is -2.58. The van der Waals surface area contributed by atoms with Crippen molar-refractivity contribution in [3.05, 3.63) is 35.7 Å². The van der Waals surface area contributed by atoms with Crippen LogP contribution in [0.2, 0.25) is 0 Å². The van der Waals surface area contributed by atoms with E-state index in [0.29, 0.717) is 13.0 Å². The zero-order valence-electron chi connectivity index (χ0n) is 10.7. The smallest absolute Gasteiger partial charge is 0.151 e. The molecule has 0 bridgehead atoms. The average Bonchev–Trinajstić information content (AvgIpc) is 2.36. The summed E-state index contributed by atoms with van der Waals surface area (Å²) in [5.74, 6) is 0.286. The zero-order valence-corrected chi connectivity index (χ0v) is 10.7. The maximum absolute atomic E-state index is 11.7. The summed E-state index contributed by atoms with van der Waals surface area (Å²) in [6.07, 6.45) is 8.87. The van der Waals surface area contributed by atoms with Gasteiger partial charge in [0.05, 0.1) is 12.6 Å². The molecular formula is C13H18N4O. The van der Waals surface area contributed by atoms with E-state index >= 15 is 0 Å². The third-order valence-corrected chi connectivity index (χ3v) is 3.73. The van der Waals surface area contributed by atoms with Crippen LogP contribution in [-0.4, -0.2) is 48.5 Å². The Hall–Kier alpha value is -1.59. The summed E-state index contributed by atoms with van der Waals surface area (Å²) in [6.45, 7) is 0.537. The number of likely N-dealkylation sites (N-methyl/N-ethyl adjacent to an activating group) is 1. The van der Waals surface area contributed by atoms with E-state index in [1.54, 1.807) is 0 Å². The molecule has 0 aromatic carbocycles. The van der Waals surface area contributed by atoms with Crippen LogP contribution >= 0.6 is 0 Å². The minimum Gasteiger partial charge on any atom is -0.367 e. The van der Waals surface area contributed by atoms with E-state index < -0.39 is 0 Å². The molecule has 1 saturated heterocycles. The molecule has 0 aromatic rings. The third-order valence-electron chi connectivity index (χ3n) is 3.73. The van der Waals surface area contributed by atoms with Crippen LogP contribution in [0.4, 0.5) is 0 Å². The summed E-state index contributed by atoms with van der Waals surface area (Å²) in [7, 11) is 3.91. The Bertz CT molecular complexity index is 466. The molecule has 0 aliphatic carbocycles. The number of nitrogens with one attached hydrogen (secondary N) is 2. The number of rotatable bonds is 1. The molecule has 18 heavy (non-hydrogen) atoms. The van der Waals surface area contributed by atoms with Gasteiger partial charge in [0.15, 0.2) is 5.78 Å². The van der Waals surface area contributed by atoms with Crippen LogP contribution in [-0.2, 0) is 4.79 Å². The van der Waals surface area contributed by atoms with Crippen molar-refractivity contribution in [2.24, 2.45) is 0 Å². The quantitative estimate of drug-likeness (QED) is 0.680. The molecule has 3 aliphatic heterocycles. The molecular weight excluding hydrogens is 228 g/mol. The number of ketones is 1. The monoisotopic (exact) mass is 246 g/mol. The summed E-state index contributed by atoms with van der Waals surface area (Å²) in [4.78, 5) is 13.8. The van der Waals surface area contributed by atoms with Gasteiger partial charge in [-0.05, 0) is 30.5 Å². The summed E-state index contributed by atoms with van der Waals surface area (Å²) < 4.78 is 0. The predicted molar refractivity (Wildman–Crippen MR) is 69.2 cm³/mol. The fourth-order valence-corrected chi connectivity index (χ4v) is 3.04. The predicted octanol–water partition coefficient (Wildman–Crippen LogP) is -0.0371. The Morgan fingerprint density at radius 2 is 2.33 bits per heavy atom. The van der Waals surface area contributed by atoms with Crippen molar-refractivity contribution in [1.82, 2.24) is 20.7 Å². The number of hydrogen-bond acceptors (Lipinski definition) is 5. The first-order chi connectivity index (χ1) is 8.70. The van der Waals surface area contributed by atoms with Gasteiger partial charge in [-0.1, -0.05) is 6.08 Å². The highest BCUT2D eigenvalue weighted by Crippen LogP contribution is 2.33. The highest BCUT2D eigenvalue weighted by Gasteiger charge is 2.39. The fourth-order valence-electron chi connectivity index (χ4n) is 3.04. The lowest BCUT2D eigenvalue weighted by atomic mass is 9.85. The molecule has 0 radical (unpaired) electrons. The van der Waals surface area contributed by atoms with Crippen LogP contribution in [0.5, 0.6) is 0 Å². The van der Waals surface area contributed by atoms with Crippen LogP contribution in [0.15, 0.2) is 35.7 Å². The van der Waals surface area contributed by atoms with Crippen LogP contribution in [0.3, 0.4) is 0 Å². The lowest BCUT2D eigenvalue weighted by molar-refractivity contribution is -0.121. The minimum absolute atomic E-state index is 0.129. The van der Waals surface area contributed by atoms with Gasteiger partial charge in [0.2, 0.25) is 0 Å². The standard InChI is InChI=1S/C13H18N4O/c1-14-17-7-9-6-10(18)8-16(2)12(9)11-4-3-5-15-13(11)17/h3-5,7,12-15H,6,8H2,1-2H3. The number of likely N-dealkylation sites (tertiary alicyclic amines) is 1. The molecule has 3 aliphatic rings. The summed E-state index contributed by atoms with van der Waals surface area (Å²) >= 11 is 0. The Kier molecular flexibility index (Phi) is 2.72. The normalized spacial score (nSPS) is 31.2. The topological polar surface area (TPSA) is 47.6 Å². The minimum atomic E-state index is 0.129. The van der Waals surface area contributed by atoms with Crippen molar-refractivity contribution in [3.8, 4) is 0 Å².